The van der Waals surface area contributed by atoms with Crippen LogP contribution in [-0.4, -0.2) is 43.0 Å². The van der Waals surface area contributed by atoms with Crippen molar-refractivity contribution in [1.29, 1.82) is 0 Å². The summed E-state index contributed by atoms with van der Waals surface area (Å²) in [5, 5.41) is 6.56. The highest BCUT2D eigenvalue weighted by molar-refractivity contribution is 7.88. The lowest BCUT2D eigenvalue weighted by atomic mass is 10.3. The molecule has 2 aromatic rings. The molecule has 1 aliphatic carbocycles. The Bertz CT molecular complexity index is 817. The molecule has 124 valence electrons. The second-order valence-corrected chi connectivity index (χ2v) is 7.65. The molecular formula is C14H17N3O5S. The van der Waals surface area contributed by atoms with Crippen molar-refractivity contribution >= 4 is 16.0 Å². The predicted octanol–water partition coefficient (Wildman–Crippen LogP) is 1.49. The number of esters is 1. The maximum absolute atomic E-state index is 11.9. The summed E-state index contributed by atoms with van der Waals surface area (Å²) in [6.07, 6.45) is 2.21. The van der Waals surface area contributed by atoms with E-state index >= 15 is 0 Å². The van der Waals surface area contributed by atoms with Gasteiger partial charge in [0.1, 0.15) is 12.4 Å². The summed E-state index contributed by atoms with van der Waals surface area (Å²) < 4.78 is 35.1. The zero-order valence-electron chi connectivity index (χ0n) is 12.8. The van der Waals surface area contributed by atoms with Crippen LogP contribution in [0.1, 0.15) is 40.7 Å². The Morgan fingerprint density at radius 3 is 2.83 bits per heavy atom. The van der Waals surface area contributed by atoms with Crippen LogP contribution in [0, 0.1) is 0 Å². The van der Waals surface area contributed by atoms with Gasteiger partial charge in [0.2, 0.25) is 5.09 Å². The molecule has 2 heterocycles. The molecule has 0 amide bonds. The Hall–Kier alpha value is -2.13. The quantitative estimate of drug-likeness (QED) is 0.799. The molecule has 1 fully saturated rings. The number of hydrogen-bond donors (Lipinski definition) is 1. The van der Waals surface area contributed by atoms with E-state index in [0.29, 0.717) is 5.92 Å². The van der Waals surface area contributed by atoms with Crippen molar-refractivity contribution in [3.8, 4) is 0 Å². The van der Waals surface area contributed by atoms with Gasteiger partial charge >= 0.3 is 5.97 Å². The fourth-order valence-corrected chi connectivity index (χ4v) is 2.82. The smallest absolute Gasteiger partial charge is 0.359 e. The van der Waals surface area contributed by atoms with Gasteiger partial charge in [-0.15, -0.1) is 0 Å². The zero-order valence-corrected chi connectivity index (χ0v) is 13.6. The van der Waals surface area contributed by atoms with Crippen LogP contribution in [0.4, 0.5) is 0 Å². The minimum absolute atomic E-state index is 0.159. The summed E-state index contributed by atoms with van der Waals surface area (Å²) in [5.41, 5.74) is 1.15. The average molecular weight is 339 g/mol. The van der Waals surface area contributed by atoms with Crippen molar-refractivity contribution in [3.63, 3.8) is 0 Å². The first-order valence-electron chi connectivity index (χ1n) is 7.11. The van der Waals surface area contributed by atoms with Gasteiger partial charge in [0, 0.05) is 25.7 Å². The summed E-state index contributed by atoms with van der Waals surface area (Å²) in [5.74, 6) is 0.131. The van der Waals surface area contributed by atoms with E-state index < -0.39 is 16.0 Å². The standard InChI is InChI=1S/C14H17N3O5S/c1-17(2)23(19,20)13-6-5-10(22-13)8-21-14(18)12-7-11(15-16-12)9-3-4-9/h5-7,9H,3-4,8H2,1-2H3,(H,15,16). The molecule has 1 saturated carbocycles. The molecule has 0 spiro atoms. The Morgan fingerprint density at radius 2 is 2.17 bits per heavy atom. The Kier molecular flexibility index (Phi) is 3.99. The molecule has 9 heteroatoms. The molecule has 1 aliphatic rings. The van der Waals surface area contributed by atoms with Gasteiger partial charge in [-0.1, -0.05) is 0 Å². The van der Waals surface area contributed by atoms with E-state index in [2.05, 4.69) is 10.2 Å². The third kappa shape index (κ3) is 3.30. The van der Waals surface area contributed by atoms with Crippen LogP contribution in [-0.2, 0) is 21.4 Å². The minimum Gasteiger partial charge on any atom is -0.453 e. The maximum Gasteiger partial charge on any atom is 0.359 e. The third-order valence-electron chi connectivity index (χ3n) is 3.54. The van der Waals surface area contributed by atoms with E-state index in [9.17, 15) is 13.2 Å². The summed E-state index contributed by atoms with van der Waals surface area (Å²) in [6, 6.07) is 4.48. The monoisotopic (exact) mass is 339 g/mol. The number of aromatic nitrogens is 2. The SMILES string of the molecule is CN(C)S(=O)(=O)c1ccc(COC(=O)c2cc(C3CC3)[nH]n2)o1. The molecule has 0 saturated heterocycles. The van der Waals surface area contributed by atoms with Gasteiger partial charge in [-0.25, -0.2) is 17.5 Å². The number of furan rings is 1. The number of hydrogen-bond acceptors (Lipinski definition) is 6. The molecule has 0 radical (unpaired) electrons. The maximum atomic E-state index is 11.9. The molecule has 2 aromatic heterocycles. The fourth-order valence-electron chi connectivity index (χ4n) is 2.01. The number of H-pyrrole nitrogens is 1. The zero-order chi connectivity index (χ0) is 16.6. The van der Waals surface area contributed by atoms with Crippen LogP contribution >= 0.6 is 0 Å². The number of carbonyl (C=O) groups excluding carboxylic acids is 1. The van der Waals surface area contributed by atoms with Crippen LogP contribution < -0.4 is 0 Å². The normalized spacial score (nSPS) is 15.1. The van der Waals surface area contributed by atoms with Crippen LogP contribution in [0.5, 0.6) is 0 Å². The highest BCUT2D eigenvalue weighted by atomic mass is 32.2. The summed E-state index contributed by atoms with van der Waals surface area (Å²) in [4.78, 5) is 11.9. The van der Waals surface area contributed by atoms with Gasteiger partial charge < -0.3 is 9.15 Å². The number of nitrogens with one attached hydrogen (secondary N) is 1. The van der Waals surface area contributed by atoms with E-state index in [4.69, 9.17) is 9.15 Å². The second-order valence-electron chi connectivity index (χ2n) is 5.57. The first-order chi connectivity index (χ1) is 10.9. The Labute approximate surface area is 133 Å². The molecule has 0 bridgehead atoms. The van der Waals surface area contributed by atoms with Crippen molar-refractivity contribution in [1.82, 2.24) is 14.5 Å². The molecule has 0 atom stereocenters. The van der Waals surface area contributed by atoms with Gasteiger partial charge in [0.15, 0.2) is 5.69 Å². The summed E-state index contributed by atoms with van der Waals surface area (Å²) in [6.45, 7) is -0.159. The lowest BCUT2D eigenvalue weighted by Gasteiger charge is -2.07. The van der Waals surface area contributed by atoms with E-state index in [1.54, 1.807) is 6.07 Å². The number of ether oxygens (including phenoxy) is 1. The summed E-state index contributed by atoms with van der Waals surface area (Å²) >= 11 is 0. The van der Waals surface area contributed by atoms with Crippen LogP contribution in [0.15, 0.2) is 27.7 Å². The lowest BCUT2D eigenvalue weighted by molar-refractivity contribution is 0.0433. The van der Waals surface area contributed by atoms with Gasteiger partial charge in [-0.05, 0) is 31.0 Å². The van der Waals surface area contributed by atoms with Crippen LogP contribution in [0.2, 0.25) is 0 Å². The van der Waals surface area contributed by atoms with Crippen molar-refractivity contribution in [3.05, 3.63) is 35.3 Å². The largest absolute Gasteiger partial charge is 0.453 e. The molecule has 8 nitrogen and oxygen atoms in total. The van der Waals surface area contributed by atoms with Gasteiger partial charge in [-0.3, -0.25) is 5.10 Å². The number of rotatable bonds is 6. The Morgan fingerprint density at radius 1 is 1.43 bits per heavy atom. The van der Waals surface area contributed by atoms with Crippen molar-refractivity contribution in [2.24, 2.45) is 0 Å². The predicted molar refractivity (Wildman–Crippen MR) is 79.3 cm³/mol. The number of sulfonamides is 1. The molecule has 23 heavy (non-hydrogen) atoms. The Balaban J connectivity index is 1.61. The highest BCUT2D eigenvalue weighted by Crippen LogP contribution is 2.39. The third-order valence-corrected chi connectivity index (χ3v) is 5.23. The molecule has 0 aromatic carbocycles. The molecule has 0 unspecified atom stereocenters. The number of carbonyl (C=O) groups is 1. The van der Waals surface area contributed by atoms with E-state index in [1.807, 2.05) is 0 Å². The van der Waals surface area contributed by atoms with Crippen LogP contribution in [0.3, 0.4) is 0 Å². The van der Waals surface area contributed by atoms with E-state index in [1.165, 1.54) is 26.2 Å². The second kappa shape index (κ2) is 5.82. The number of nitrogens with zero attached hydrogens (tertiary/aromatic N) is 2. The number of aromatic amines is 1. The van der Waals surface area contributed by atoms with Gasteiger partial charge in [-0.2, -0.15) is 5.10 Å². The minimum atomic E-state index is -3.64. The van der Waals surface area contributed by atoms with Crippen molar-refractivity contribution in [2.75, 3.05) is 14.1 Å². The highest BCUT2D eigenvalue weighted by Gasteiger charge is 2.27. The van der Waals surface area contributed by atoms with Crippen molar-refractivity contribution < 1.29 is 22.4 Å². The van der Waals surface area contributed by atoms with Gasteiger partial charge in [0.05, 0.1) is 0 Å². The first kappa shape index (κ1) is 15.8. The van der Waals surface area contributed by atoms with E-state index in [0.717, 1.165) is 22.8 Å². The van der Waals surface area contributed by atoms with Gasteiger partial charge in [0.25, 0.3) is 10.0 Å². The summed E-state index contributed by atoms with van der Waals surface area (Å²) in [7, 11) is -0.819. The molecular weight excluding hydrogens is 322 g/mol. The topological polar surface area (TPSA) is 106 Å². The molecule has 3 rings (SSSR count). The van der Waals surface area contributed by atoms with E-state index in [-0.39, 0.29) is 23.2 Å². The fraction of sp³-hybridized carbons (Fsp3) is 0.429. The lowest BCUT2D eigenvalue weighted by Crippen LogP contribution is -2.21. The average Bonchev–Trinajstić information content (AvgIpc) is 3.04. The first-order valence-corrected chi connectivity index (χ1v) is 8.55. The molecule has 1 N–H and O–H groups in total. The van der Waals surface area contributed by atoms with Crippen molar-refractivity contribution in [2.45, 2.75) is 30.5 Å². The molecule has 0 aliphatic heterocycles. The van der Waals surface area contributed by atoms with Crippen LogP contribution in [0.25, 0.3) is 0 Å².